The summed E-state index contributed by atoms with van der Waals surface area (Å²) < 4.78 is 0. The summed E-state index contributed by atoms with van der Waals surface area (Å²) in [5, 5.41) is 10.6. The van der Waals surface area contributed by atoms with Crippen LogP contribution in [0.25, 0.3) is 21.8 Å². The molecule has 0 saturated carbocycles. The van der Waals surface area contributed by atoms with E-state index in [9.17, 15) is 9.90 Å². The summed E-state index contributed by atoms with van der Waals surface area (Å²) >= 11 is 0. The van der Waals surface area contributed by atoms with Crippen molar-refractivity contribution in [2.45, 2.75) is 6.92 Å². The summed E-state index contributed by atoms with van der Waals surface area (Å²) in [5.74, 6) is -1.02. The number of fused-ring (bicyclic) bond motifs is 2. The van der Waals surface area contributed by atoms with Crippen molar-refractivity contribution in [2.24, 2.45) is 0 Å². The molecule has 3 N–H and O–H groups in total. The molecule has 0 unspecified atom stereocenters. The molecule has 3 rings (SSSR count). The van der Waals surface area contributed by atoms with Gasteiger partial charge in [0.05, 0.1) is 22.3 Å². The van der Waals surface area contributed by atoms with Crippen LogP contribution in [-0.4, -0.2) is 23.9 Å². The number of para-hydroxylation sites is 1. The summed E-state index contributed by atoms with van der Waals surface area (Å²) in [4.78, 5) is 16.1. The molecule has 0 saturated heterocycles. The molecule has 2 radical (unpaired) electrons. The molecule has 20 heavy (non-hydrogen) atoms. The van der Waals surface area contributed by atoms with Crippen LogP contribution in [0.3, 0.4) is 0 Å². The largest absolute Gasteiger partial charge is 0.478 e. The minimum Gasteiger partial charge on any atom is -0.478 e. The number of aromatic nitrogens is 1. The van der Waals surface area contributed by atoms with Gasteiger partial charge in [0.1, 0.15) is 7.85 Å². The third kappa shape index (κ3) is 1.71. The molecule has 0 bridgehead atoms. The molecule has 0 spiro atoms. The monoisotopic (exact) mass is 262 g/mol. The Labute approximate surface area is 116 Å². The number of carboxylic acids is 1. The van der Waals surface area contributed by atoms with Gasteiger partial charge in [-0.1, -0.05) is 29.2 Å². The fraction of sp³-hybridized carbons (Fsp3) is 0.0667. The number of nitrogens with two attached hydrogens (primary N) is 1. The van der Waals surface area contributed by atoms with E-state index in [-0.39, 0.29) is 5.56 Å². The van der Waals surface area contributed by atoms with E-state index in [4.69, 9.17) is 13.6 Å². The van der Waals surface area contributed by atoms with Crippen molar-refractivity contribution in [2.75, 3.05) is 5.73 Å². The Morgan fingerprint density at radius 1 is 1.25 bits per heavy atom. The average Bonchev–Trinajstić information content (AvgIpc) is 2.36. The van der Waals surface area contributed by atoms with Crippen LogP contribution in [0, 0.1) is 6.92 Å². The van der Waals surface area contributed by atoms with Crippen LogP contribution < -0.4 is 11.2 Å². The highest BCUT2D eigenvalue weighted by atomic mass is 16.4. The average molecular weight is 262 g/mol. The highest BCUT2D eigenvalue weighted by Gasteiger charge is 2.17. The summed E-state index contributed by atoms with van der Waals surface area (Å²) in [6.07, 6.45) is 0. The maximum Gasteiger partial charge on any atom is 0.337 e. The number of aryl methyl sites for hydroxylation is 1. The smallest absolute Gasteiger partial charge is 0.337 e. The van der Waals surface area contributed by atoms with E-state index in [0.29, 0.717) is 33.0 Å². The first-order chi connectivity index (χ1) is 9.49. The second-order valence-corrected chi connectivity index (χ2v) is 4.79. The van der Waals surface area contributed by atoms with E-state index in [1.165, 1.54) is 0 Å². The van der Waals surface area contributed by atoms with E-state index in [2.05, 4.69) is 4.98 Å². The molecule has 0 aliphatic rings. The highest BCUT2D eigenvalue weighted by Crippen LogP contribution is 2.28. The topological polar surface area (TPSA) is 76.2 Å². The van der Waals surface area contributed by atoms with Crippen LogP contribution >= 0.6 is 0 Å². The van der Waals surface area contributed by atoms with Gasteiger partial charge < -0.3 is 10.8 Å². The van der Waals surface area contributed by atoms with Gasteiger partial charge in [-0.25, -0.2) is 9.78 Å². The highest BCUT2D eigenvalue weighted by molar-refractivity contribution is 6.39. The van der Waals surface area contributed by atoms with Crippen LogP contribution in [0.4, 0.5) is 5.69 Å². The number of aromatic carboxylic acids is 1. The quantitative estimate of drug-likeness (QED) is 0.398. The lowest BCUT2D eigenvalue weighted by Gasteiger charge is -2.11. The van der Waals surface area contributed by atoms with Gasteiger partial charge in [0.25, 0.3) is 0 Å². The third-order valence-corrected chi connectivity index (χ3v) is 3.33. The van der Waals surface area contributed by atoms with E-state index in [0.717, 1.165) is 5.56 Å². The third-order valence-electron chi connectivity index (χ3n) is 3.33. The number of hydrogen-bond donors (Lipinski definition) is 2. The van der Waals surface area contributed by atoms with E-state index in [1.54, 1.807) is 30.3 Å². The number of carboxylic acid groups (broad SMARTS) is 1. The number of nitrogens with zero attached hydrogens (tertiary/aromatic N) is 1. The lowest BCUT2D eigenvalue weighted by molar-refractivity contribution is 0.0701. The number of benzene rings is 2. The normalized spacial score (nSPS) is 11.1. The molecule has 1 heterocycles. The van der Waals surface area contributed by atoms with Gasteiger partial charge in [-0.15, -0.1) is 0 Å². The Bertz CT molecular complexity index is 875. The maximum absolute atomic E-state index is 11.7. The Kier molecular flexibility index (Phi) is 2.64. The maximum atomic E-state index is 11.7. The fourth-order valence-corrected chi connectivity index (χ4v) is 2.50. The number of nitrogen functional groups attached to an aromatic ring is 1. The number of carbonyl (C=O) groups is 1. The number of pyridine rings is 1. The zero-order valence-corrected chi connectivity index (χ0v) is 10.8. The van der Waals surface area contributed by atoms with Gasteiger partial charge in [-0.3, -0.25) is 0 Å². The molecule has 4 nitrogen and oxygen atoms in total. The molecule has 3 aromatic rings. The Morgan fingerprint density at radius 2 is 2.00 bits per heavy atom. The van der Waals surface area contributed by atoms with Crippen molar-refractivity contribution in [3.63, 3.8) is 0 Å². The number of anilines is 1. The molecule has 5 heteroatoms. The predicted molar refractivity (Wildman–Crippen MR) is 80.7 cm³/mol. The Balaban J connectivity index is 2.66. The molecular weight excluding hydrogens is 251 g/mol. The number of hydrogen-bond acceptors (Lipinski definition) is 3. The van der Waals surface area contributed by atoms with Crippen molar-refractivity contribution in [3.05, 3.63) is 41.5 Å². The van der Waals surface area contributed by atoms with Crippen LogP contribution in [0.1, 0.15) is 15.9 Å². The van der Waals surface area contributed by atoms with Gasteiger partial charge in [0.2, 0.25) is 0 Å². The molecule has 0 fully saturated rings. The molecule has 0 atom stereocenters. The van der Waals surface area contributed by atoms with Crippen LogP contribution in [0.15, 0.2) is 30.3 Å². The zero-order valence-electron chi connectivity index (χ0n) is 10.8. The summed E-state index contributed by atoms with van der Waals surface area (Å²) in [7, 11) is 5.97. The van der Waals surface area contributed by atoms with Crippen molar-refractivity contribution < 1.29 is 9.90 Å². The first-order valence-electron chi connectivity index (χ1n) is 6.10. The van der Waals surface area contributed by atoms with Gasteiger partial charge in [0, 0.05) is 10.8 Å². The van der Waals surface area contributed by atoms with Gasteiger partial charge in [-0.2, -0.15) is 0 Å². The molecular formula is C15H11BN2O2. The van der Waals surface area contributed by atoms with Crippen LogP contribution in [-0.2, 0) is 0 Å². The first kappa shape index (κ1) is 12.5. The van der Waals surface area contributed by atoms with E-state index < -0.39 is 5.97 Å². The molecule has 1 aromatic heterocycles. The SMILES string of the molecule is [B]c1cc(C)cc2c(C(=O)O)c3cccc(N)c3nc12. The standard InChI is InChI=1S/C15H11BN2O2/c1-7-5-9-12(15(19)20)8-3-2-4-11(17)14(8)18-13(9)10(16)6-7/h2-6H,17H2,1H3,(H,19,20). The van der Waals surface area contributed by atoms with Gasteiger partial charge >= 0.3 is 5.97 Å². The van der Waals surface area contributed by atoms with Crippen molar-refractivity contribution >= 4 is 46.8 Å². The van der Waals surface area contributed by atoms with Crippen molar-refractivity contribution in [1.29, 1.82) is 0 Å². The second kappa shape index (κ2) is 4.23. The van der Waals surface area contributed by atoms with E-state index in [1.807, 2.05) is 6.92 Å². The molecule has 96 valence electrons. The summed E-state index contributed by atoms with van der Waals surface area (Å²) in [6, 6.07) is 8.67. The fourth-order valence-electron chi connectivity index (χ4n) is 2.50. The Morgan fingerprint density at radius 3 is 2.70 bits per heavy atom. The van der Waals surface area contributed by atoms with Crippen LogP contribution in [0.2, 0.25) is 0 Å². The lowest BCUT2D eigenvalue weighted by atomic mass is 9.89. The minimum atomic E-state index is -1.02. The number of rotatable bonds is 1. The van der Waals surface area contributed by atoms with Gasteiger partial charge in [0.15, 0.2) is 0 Å². The summed E-state index contributed by atoms with van der Waals surface area (Å²) in [6.45, 7) is 1.87. The van der Waals surface area contributed by atoms with Gasteiger partial charge in [-0.05, 0) is 19.1 Å². The Hall–Kier alpha value is -2.56. The molecule has 0 aliphatic heterocycles. The van der Waals surface area contributed by atoms with Crippen LogP contribution in [0.5, 0.6) is 0 Å². The van der Waals surface area contributed by atoms with Crippen molar-refractivity contribution in [1.82, 2.24) is 4.98 Å². The predicted octanol–water partition coefficient (Wildman–Crippen LogP) is 1.77. The minimum absolute atomic E-state index is 0.188. The molecule has 0 amide bonds. The molecule has 2 aromatic carbocycles. The van der Waals surface area contributed by atoms with E-state index >= 15 is 0 Å². The molecule has 0 aliphatic carbocycles. The zero-order chi connectivity index (χ0) is 14.4. The summed E-state index contributed by atoms with van der Waals surface area (Å²) in [5.41, 5.74) is 8.80. The van der Waals surface area contributed by atoms with Crippen molar-refractivity contribution in [3.8, 4) is 0 Å². The second-order valence-electron chi connectivity index (χ2n) is 4.79. The first-order valence-corrected chi connectivity index (χ1v) is 6.10. The lowest BCUT2D eigenvalue weighted by Crippen LogP contribution is -2.11.